The van der Waals surface area contributed by atoms with Crippen molar-refractivity contribution in [1.82, 2.24) is 0 Å². The Labute approximate surface area is 110 Å². The first-order valence-corrected chi connectivity index (χ1v) is 6.65. The summed E-state index contributed by atoms with van der Waals surface area (Å²) in [5.74, 6) is 0. The molecule has 0 aliphatic carbocycles. The van der Waals surface area contributed by atoms with E-state index in [1.165, 1.54) is 19.3 Å². The van der Waals surface area contributed by atoms with Crippen molar-refractivity contribution in [3.8, 4) is 0 Å². The zero-order valence-corrected chi connectivity index (χ0v) is 11.3. The zero-order valence-electron chi connectivity index (χ0n) is 10.6. The Bertz CT molecular complexity index is 360. The van der Waals surface area contributed by atoms with E-state index in [0.717, 1.165) is 29.0 Å². The fraction of sp³-hybridized carbons (Fsp3) is 0.467. The van der Waals surface area contributed by atoms with Crippen LogP contribution in [0.15, 0.2) is 30.9 Å². The Morgan fingerprint density at radius 3 is 2.76 bits per heavy atom. The molecule has 0 aromatic heterocycles. The molecule has 1 atom stereocenters. The minimum Gasteiger partial charge on any atom is -0.324 e. The van der Waals surface area contributed by atoms with Gasteiger partial charge in [-0.1, -0.05) is 42.7 Å². The first kappa shape index (κ1) is 14.3. The van der Waals surface area contributed by atoms with Crippen LogP contribution in [0.1, 0.15) is 49.3 Å². The summed E-state index contributed by atoms with van der Waals surface area (Å²) < 4.78 is 0. The molecule has 17 heavy (non-hydrogen) atoms. The van der Waals surface area contributed by atoms with E-state index < -0.39 is 0 Å². The average Bonchev–Trinajstić information content (AvgIpc) is 2.32. The van der Waals surface area contributed by atoms with Gasteiger partial charge in [0.05, 0.1) is 0 Å². The summed E-state index contributed by atoms with van der Waals surface area (Å²) in [6.45, 7) is 5.73. The second-order valence-corrected chi connectivity index (χ2v) is 4.95. The van der Waals surface area contributed by atoms with Crippen LogP contribution in [-0.4, -0.2) is 0 Å². The maximum absolute atomic E-state index is 6.15. The van der Waals surface area contributed by atoms with E-state index in [0.29, 0.717) is 0 Å². The molecule has 1 unspecified atom stereocenters. The summed E-state index contributed by atoms with van der Waals surface area (Å²) in [7, 11) is 0. The number of nitrogens with two attached hydrogens (primary N) is 1. The lowest BCUT2D eigenvalue weighted by Crippen LogP contribution is -2.10. The van der Waals surface area contributed by atoms with Crippen molar-refractivity contribution in [2.75, 3.05) is 0 Å². The van der Waals surface area contributed by atoms with Crippen molar-refractivity contribution in [1.29, 1.82) is 0 Å². The lowest BCUT2D eigenvalue weighted by Gasteiger charge is -2.13. The van der Waals surface area contributed by atoms with Gasteiger partial charge in [-0.25, -0.2) is 0 Å². The van der Waals surface area contributed by atoms with Gasteiger partial charge in [0.25, 0.3) is 0 Å². The predicted octanol–water partition coefficient (Wildman–Crippen LogP) is 4.78. The van der Waals surface area contributed by atoms with Gasteiger partial charge in [-0.15, -0.1) is 6.58 Å². The zero-order chi connectivity index (χ0) is 12.7. The number of aryl methyl sites for hydroxylation is 1. The predicted molar refractivity (Wildman–Crippen MR) is 76.4 cm³/mol. The number of hydrogen-bond donors (Lipinski definition) is 1. The van der Waals surface area contributed by atoms with Crippen molar-refractivity contribution in [3.05, 3.63) is 47.0 Å². The molecule has 2 heteroatoms. The van der Waals surface area contributed by atoms with Crippen LogP contribution < -0.4 is 5.73 Å². The Morgan fingerprint density at radius 2 is 2.12 bits per heavy atom. The lowest BCUT2D eigenvalue weighted by molar-refractivity contribution is 0.572. The van der Waals surface area contributed by atoms with Crippen molar-refractivity contribution in [2.24, 2.45) is 5.73 Å². The van der Waals surface area contributed by atoms with Crippen LogP contribution in [0, 0.1) is 6.92 Å². The van der Waals surface area contributed by atoms with Gasteiger partial charge in [-0.2, -0.15) is 0 Å². The van der Waals surface area contributed by atoms with Crippen molar-refractivity contribution < 1.29 is 0 Å². The third-order valence-electron chi connectivity index (χ3n) is 3.05. The van der Waals surface area contributed by atoms with E-state index in [1.807, 2.05) is 25.1 Å². The molecule has 0 saturated carbocycles. The Hall–Kier alpha value is -0.790. The molecule has 0 heterocycles. The quantitative estimate of drug-likeness (QED) is 0.548. The molecule has 0 aliphatic rings. The van der Waals surface area contributed by atoms with Gasteiger partial charge < -0.3 is 5.73 Å². The molecule has 0 aliphatic heterocycles. The van der Waals surface area contributed by atoms with E-state index in [-0.39, 0.29) is 6.04 Å². The van der Waals surface area contributed by atoms with E-state index in [9.17, 15) is 0 Å². The normalized spacial score (nSPS) is 12.4. The molecule has 94 valence electrons. The molecule has 1 aromatic carbocycles. The fourth-order valence-electron chi connectivity index (χ4n) is 1.84. The highest BCUT2D eigenvalue weighted by Gasteiger charge is 2.07. The summed E-state index contributed by atoms with van der Waals surface area (Å²) in [5, 5.41) is 0.810. The van der Waals surface area contributed by atoms with E-state index in [1.54, 1.807) is 0 Å². The van der Waals surface area contributed by atoms with E-state index >= 15 is 0 Å². The van der Waals surface area contributed by atoms with Gasteiger partial charge in [-0.3, -0.25) is 0 Å². The Kier molecular flexibility index (Phi) is 6.31. The van der Waals surface area contributed by atoms with Gasteiger partial charge in [-0.05, 0) is 43.4 Å². The molecule has 0 spiro atoms. The topological polar surface area (TPSA) is 26.0 Å². The smallest absolute Gasteiger partial charge is 0.0438 e. The van der Waals surface area contributed by atoms with Crippen molar-refractivity contribution >= 4 is 11.6 Å². The summed E-state index contributed by atoms with van der Waals surface area (Å²) in [4.78, 5) is 0. The summed E-state index contributed by atoms with van der Waals surface area (Å²) in [6, 6.07) is 6.22. The third kappa shape index (κ3) is 4.93. The molecule has 1 nitrogen and oxygen atoms in total. The second-order valence-electron chi connectivity index (χ2n) is 4.54. The first-order valence-electron chi connectivity index (χ1n) is 6.27. The first-order chi connectivity index (χ1) is 8.15. The van der Waals surface area contributed by atoms with Crippen LogP contribution >= 0.6 is 11.6 Å². The van der Waals surface area contributed by atoms with Crippen molar-refractivity contribution in [3.63, 3.8) is 0 Å². The molecule has 2 N–H and O–H groups in total. The van der Waals surface area contributed by atoms with Crippen LogP contribution in [0.3, 0.4) is 0 Å². The van der Waals surface area contributed by atoms with Crippen LogP contribution in [0.5, 0.6) is 0 Å². The molecular weight excluding hydrogens is 230 g/mol. The second kappa shape index (κ2) is 7.52. The van der Waals surface area contributed by atoms with Crippen LogP contribution in [0.25, 0.3) is 0 Å². The van der Waals surface area contributed by atoms with Gasteiger partial charge >= 0.3 is 0 Å². The van der Waals surface area contributed by atoms with E-state index in [4.69, 9.17) is 17.3 Å². The number of rotatable bonds is 7. The number of halogens is 1. The monoisotopic (exact) mass is 251 g/mol. The fourth-order valence-corrected chi connectivity index (χ4v) is 2.03. The maximum atomic E-state index is 6.15. The Balaban J connectivity index is 2.38. The number of unbranched alkanes of at least 4 members (excludes halogenated alkanes) is 3. The summed E-state index contributed by atoms with van der Waals surface area (Å²) in [6.07, 6.45) is 7.70. The third-order valence-corrected chi connectivity index (χ3v) is 3.45. The minimum atomic E-state index is 0.108. The molecular formula is C15H22ClN. The maximum Gasteiger partial charge on any atom is 0.0438 e. The number of benzene rings is 1. The van der Waals surface area contributed by atoms with Crippen LogP contribution in [0.4, 0.5) is 0 Å². The highest BCUT2D eigenvalue weighted by Crippen LogP contribution is 2.23. The molecule has 1 rings (SSSR count). The standard InChI is InChI=1S/C15H22ClN/c1-3-4-5-6-7-8-15(17)13-10-9-12(2)14(16)11-13/h3,9-11,15H,1,4-8,17H2,2H3. The lowest BCUT2D eigenvalue weighted by atomic mass is 10.00. The summed E-state index contributed by atoms with van der Waals surface area (Å²) in [5.41, 5.74) is 8.40. The molecule has 0 radical (unpaired) electrons. The van der Waals surface area contributed by atoms with Crippen LogP contribution in [-0.2, 0) is 0 Å². The molecule has 0 amide bonds. The van der Waals surface area contributed by atoms with Crippen LogP contribution in [0.2, 0.25) is 5.02 Å². The van der Waals surface area contributed by atoms with Gasteiger partial charge in [0.2, 0.25) is 0 Å². The van der Waals surface area contributed by atoms with Gasteiger partial charge in [0.1, 0.15) is 0 Å². The average molecular weight is 252 g/mol. The Morgan fingerprint density at radius 1 is 1.35 bits per heavy atom. The van der Waals surface area contributed by atoms with E-state index in [2.05, 4.69) is 12.6 Å². The minimum absolute atomic E-state index is 0.108. The number of hydrogen-bond acceptors (Lipinski definition) is 1. The van der Waals surface area contributed by atoms with Crippen molar-refractivity contribution in [2.45, 2.75) is 45.1 Å². The highest BCUT2D eigenvalue weighted by atomic mass is 35.5. The molecule has 0 bridgehead atoms. The molecule has 1 aromatic rings. The molecule has 0 saturated heterocycles. The SMILES string of the molecule is C=CCCCCCC(N)c1ccc(C)c(Cl)c1. The summed E-state index contributed by atoms with van der Waals surface area (Å²) >= 11 is 6.09. The number of allylic oxidation sites excluding steroid dienone is 1. The highest BCUT2D eigenvalue weighted by molar-refractivity contribution is 6.31. The van der Waals surface area contributed by atoms with Gasteiger partial charge in [0, 0.05) is 11.1 Å². The molecule has 0 fully saturated rings. The largest absolute Gasteiger partial charge is 0.324 e. The van der Waals surface area contributed by atoms with Gasteiger partial charge in [0.15, 0.2) is 0 Å².